The Bertz CT molecular complexity index is 1790. The Morgan fingerprint density at radius 2 is 0.972 bits per heavy atom. The predicted octanol–water partition coefficient (Wildman–Crippen LogP) is -8.32. The molecule has 30 N–H and O–H groups in total. The maximum Gasteiger partial charge on any atom is 0.187 e. The van der Waals surface area contributed by atoms with Gasteiger partial charge in [0.05, 0.1) is 31.4 Å². The number of rotatable bonds is 23. The second-order valence-electron chi connectivity index (χ2n) is 17.7. The van der Waals surface area contributed by atoms with E-state index in [1.807, 2.05) is 11.8 Å². The minimum absolute atomic E-state index is 0.125. The molecule has 5 aliphatic rings. The molecule has 11 unspecified atom stereocenters. The molecule has 0 bridgehead atoms. The Balaban J connectivity index is 1.45. The van der Waals surface area contributed by atoms with Gasteiger partial charge in [-0.15, -0.1) is 0 Å². The summed E-state index contributed by atoms with van der Waals surface area (Å²) in [6, 6.07) is -5.13. The number of thioether (sulfide) groups is 2. The third-order valence-corrected chi connectivity index (χ3v) is 14.8. The molecule has 5 fully saturated rings. The van der Waals surface area contributed by atoms with Crippen LogP contribution in [0, 0.1) is 32.5 Å². The van der Waals surface area contributed by atoms with Crippen LogP contribution in [0.25, 0.3) is 0 Å². The van der Waals surface area contributed by atoms with E-state index in [0.717, 1.165) is 5.75 Å². The first-order valence-corrected chi connectivity index (χ1v) is 25.2. The van der Waals surface area contributed by atoms with Crippen molar-refractivity contribution in [2.45, 2.75) is 154 Å². The smallest absolute Gasteiger partial charge is 0.187 e. The van der Waals surface area contributed by atoms with Gasteiger partial charge in [-0.05, 0) is 19.3 Å². The predicted molar refractivity (Wildman–Crippen MR) is 259 cm³/mol. The number of hydrogen-bond acceptors (Lipinski definition) is 21. The minimum Gasteiger partial charge on any atom is -0.388 e. The van der Waals surface area contributed by atoms with Crippen molar-refractivity contribution in [3.8, 4) is 0 Å². The number of aliphatic hydroxyl groups is 6. The largest absolute Gasteiger partial charge is 0.388 e. The Kier molecular flexibility index (Phi) is 22.1. The molecule has 33 heteroatoms. The summed E-state index contributed by atoms with van der Waals surface area (Å²) < 4.78 is 43.8. The van der Waals surface area contributed by atoms with Crippen LogP contribution in [0.2, 0.25) is 0 Å². The van der Waals surface area contributed by atoms with E-state index in [0.29, 0.717) is 24.2 Å². The monoisotopic (exact) mass is 1050 g/mol. The summed E-state index contributed by atoms with van der Waals surface area (Å²) in [5, 5.41) is 132. The highest BCUT2D eigenvalue weighted by atomic mass is 32.2. The summed E-state index contributed by atoms with van der Waals surface area (Å²) in [6.07, 6.45) is -18.5. The normalized spacial score (nSPS) is 37.4. The number of nitrogens with two attached hydrogens (primary N) is 6. The van der Waals surface area contributed by atoms with Gasteiger partial charge in [-0.2, -0.15) is 23.5 Å². The Morgan fingerprint density at radius 3 is 1.48 bits per heavy atom. The summed E-state index contributed by atoms with van der Waals surface area (Å²) in [5.41, 5.74) is 33.9. The first-order chi connectivity index (χ1) is 33.6. The fraction of sp³-hybridized carbons (Fsp3) is 0.842. The fourth-order valence-corrected chi connectivity index (χ4v) is 11.2. The summed E-state index contributed by atoms with van der Waals surface area (Å²) in [7, 11) is 0. The van der Waals surface area contributed by atoms with Gasteiger partial charge in [-0.3, -0.25) is 32.5 Å². The van der Waals surface area contributed by atoms with Crippen molar-refractivity contribution in [2.75, 3.05) is 43.6 Å². The maximum absolute atomic E-state index is 12.2. The summed E-state index contributed by atoms with van der Waals surface area (Å²) in [6.45, 7) is 0.360. The number of aliphatic hydroxyl groups excluding tert-OH is 6. The number of nitrogens with one attached hydrogen (secondary N) is 12. The molecule has 31 nitrogen and oxygen atoms in total. The van der Waals surface area contributed by atoms with Crippen LogP contribution in [-0.2, 0) is 33.2 Å². The third kappa shape index (κ3) is 16.4. The van der Waals surface area contributed by atoms with Gasteiger partial charge in [0.15, 0.2) is 54.6 Å². The molecule has 0 radical (unpaired) electrons. The van der Waals surface area contributed by atoms with Crippen molar-refractivity contribution in [1.82, 2.24) is 31.9 Å². The number of hydrogen-bond donors (Lipinski definition) is 24. The molecule has 2 saturated carbocycles. The molecule has 0 amide bonds. The van der Waals surface area contributed by atoms with E-state index in [4.69, 9.17) is 100 Å². The van der Waals surface area contributed by atoms with Gasteiger partial charge < -0.3 is 130 Å². The average Bonchev–Trinajstić information content (AvgIpc) is 3.92. The molecule has 3 heterocycles. The zero-order valence-electron chi connectivity index (χ0n) is 38.9. The molecule has 0 spiro atoms. The highest BCUT2D eigenvalue weighted by Crippen LogP contribution is 2.37. The van der Waals surface area contributed by atoms with Crippen molar-refractivity contribution < 1.29 is 63.8 Å². The lowest BCUT2D eigenvalue weighted by atomic mass is 9.83. The SMILES string of the molecule is N=C(N)NCC1O[C@H](O[C@@H]2C(NC(=N)N)C[C@@H](NC(=N)N)C(O)C2O[C@@H]2O[C@H](CSCCOCCSC3CCCC3)C(OC3O[C@@H](CNC(=N)N)C(O)C(O)[C@H]3NC(=N)N)C2O)C(NC(=N)N)C(O)[C@@H]1O. The van der Waals surface area contributed by atoms with Gasteiger partial charge in [0, 0.05) is 35.6 Å². The summed E-state index contributed by atoms with van der Waals surface area (Å²) in [4.78, 5) is 0. The Hall–Kier alpha value is -4.20. The van der Waals surface area contributed by atoms with Gasteiger partial charge in [0.2, 0.25) is 0 Å². The number of ether oxygens (including phenoxy) is 7. The van der Waals surface area contributed by atoms with Crippen molar-refractivity contribution in [3.05, 3.63) is 0 Å². The maximum atomic E-state index is 12.2. The highest BCUT2D eigenvalue weighted by Gasteiger charge is 2.56. The molecule has 3 aliphatic heterocycles. The van der Waals surface area contributed by atoms with Crippen LogP contribution in [0.15, 0.2) is 0 Å². The van der Waals surface area contributed by atoms with Crippen molar-refractivity contribution in [1.29, 1.82) is 32.5 Å². The first-order valence-electron chi connectivity index (χ1n) is 23.0. The molecule has 0 aromatic heterocycles. The van der Waals surface area contributed by atoms with Crippen molar-refractivity contribution in [3.63, 3.8) is 0 Å². The van der Waals surface area contributed by atoms with Gasteiger partial charge in [0.1, 0.15) is 79.2 Å². The number of guanidine groups is 6. The zero-order chi connectivity index (χ0) is 52.1. The quantitative estimate of drug-likeness (QED) is 0.0257. The average molecular weight is 1060 g/mol. The van der Waals surface area contributed by atoms with Crippen LogP contribution in [0.1, 0.15) is 32.1 Å². The van der Waals surface area contributed by atoms with Crippen LogP contribution in [0.4, 0.5) is 0 Å². The standard InChI is InChI=1S/C38H74N18O13S2/c39-33(40)51-10-16-22(58)24(60)19(55-37(47)48)30(64-16)67-27-15(54-36(45)46)9-14(53-35(43)44)21(57)29(27)69-32-26(62)28(18(66-32)12-70-7-5-63-6-8-71-13-3-1-2-4-13)68-31-20(56-38(49)50)25(61)23(59)17(65-31)11-52-34(41)42/h13-32,57-62H,1-12H2,(H4,39,40,51)(H4,41,42,52)(H4,43,44,53)(H4,45,46,54)(H4,47,48,55)(H4,49,50,56)/t14-,15?,16?,17+,18-,19?,20-,21?,22-,23?,24?,25?,26?,27-,28?,29?,30-,31?,32+/m1/s1. The van der Waals surface area contributed by atoms with E-state index < -0.39 is 152 Å². The molecule has 0 aromatic carbocycles. The van der Waals surface area contributed by atoms with Crippen molar-refractivity contribution in [2.24, 2.45) is 34.4 Å². The van der Waals surface area contributed by atoms with Gasteiger partial charge >= 0.3 is 0 Å². The summed E-state index contributed by atoms with van der Waals surface area (Å²) >= 11 is 3.28. The first kappa shape index (κ1) is 57.7. The molecule has 3 saturated heterocycles. The molecule has 406 valence electrons. The van der Waals surface area contributed by atoms with Crippen LogP contribution in [0.5, 0.6) is 0 Å². The lowest BCUT2D eigenvalue weighted by molar-refractivity contribution is -0.310. The van der Waals surface area contributed by atoms with Crippen LogP contribution in [-0.4, -0.2) is 231 Å². The van der Waals surface area contributed by atoms with Gasteiger partial charge in [-0.25, -0.2) is 0 Å². The highest BCUT2D eigenvalue weighted by molar-refractivity contribution is 8.00. The van der Waals surface area contributed by atoms with Gasteiger partial charge in [-0.1, -0.05) is 12.8 Å². The lowest BCUT2D eigenvalue weighted by Crippen LogP contribution is -2.71. The molecular formula is C38H74N18O13S2. The Labute approximate surface area is 417 Å². The van der Waals surface area contributed by atoms with E-state index in [-0.39, 0.29) is 25.3 Å². The topological polar surface area (TPSA) is 557 Å². The second-order valence-corrected chi connectivity index (χ2v) is 20.2. The van der Waals surface area contributed by atoms with E-state index in [1.165, 1.54) is 37.4 Å². The zero-order valence-corrected chi connectivity index (χ0v) is 40.5. The fourth-order valence-electron chi connectivity index (χ4n) is 9.07. The second kappa shape index (κ2) is 27.2. The Morgan fingerprint density at radius 1 is 0.507 bits per heavy atom. The third-order valence-electron chi connectivity index (χ3n) is 12.4. The van der Waals surface area contributed by atoms with E-state index >= 15 is 0 Å². The molecule has 2 aliphatic carbocycles. The van der Waals surface area contributed by atoms with Crippen molar-refractivity contribution >= 4 is 59.3 Å². The van der Waals surface area contributed by atoms with Crippen LogP contribution >= 0.6 is 23.5 Å². The van der Waals surface area contributed by atoms with E-state index in [2.05, 4.69) is 31.9 Å². The molecular weight excluding hydrogens is 981 g/mol. The summed E-state index contributed by atoms with van der Waals surface area (Å²) in [5.74, 6) is -1.90. The van der Waals surface area contributed by atoms with E-state index in [9.17, 15) is 30.6 Å². The van der Waals surface area contributed by atoms with E-state index in [1.54, 1.807) is 0 Å². The molecule has 19 atom stereocenters. The van der Waals surface area contributed by atoms with Gasteiger partial charge in [0.25, 0.3) is 0 Å². The van der Waals surface area contributed by atoms with Crippen LogP contribution in [0.3, 0.4) is 0 Å². The van der Waals surface area contributed by atoms with Crippen LogP contribution < -0.4 is 66.3 Å². The molecule has 5 rings (SSSR count). The molecule has 71 heavy (non-hydrogen) atoms. The lowest BCUT2D eigenvalue weighted by Gasteiger charge is -2.49. The minimum atomic E-state index is -1.77. The molecule has 0 aromatic rings.